The number of benzene rings is 2. The minimum Gasteiger partial charge on any atom is -0.494 e. The van der Waals surface area contributed by atoms with Gasteiger partial charge < -0.3 is 15.0 Å². The van der Waals surface area contributed by atoms with Gasteiger partial charge in [0.05, 0.1) is 18.2 Å². The first-order valence-corrected chi connectivity index (χ1v) is 9.01. The summed E-state index contributed by atoms with van der Waals surface area (Å²) < 4.78 is 5.87. The first-order chi connectivity index (χ1) is 12.3. The largest absolute Gasteiger partial charge is 0.494 e. The zero-order valence-corrected chi connectivity index (χ0v) is 14.6. The van der Waals surface area contributed by atoms with E-state index in [2.05, 4.69) is 28.4 Å². The SMILES string of the molecule is N#Cc1ccc(-c2ccc(OCCCN3CCCNCC3)cc2)cc1. The third kappa shape index (κ3) is 5.32. The van der Waals surface area contributed by atoms with Crippen LogP contribution in [0, 0.1) is 11.3 Å². The number of ether oxygens (including phenoxy) is 1. The summed E-state index contributed by atoms with van der Waals surface area (Å²) >= 11 is 0. The lowest BCUT2D eigenvalue weighted by Crippen LogP contribution is -2.29. The van der Waals surface area contributed by atoms with Crippen molar-refractivity contribution in [3.05, 3.63) is 54.1 Å². The molecule has 1 N–H and O–H groups in total. The molecule has 25 heavy (non-hydrogen) atoms. The van der Waals surface area contributed by atoms with Gasteiger partial charge in [0.1, 0.15) is 5.75 Å². The van der Waals surface area contributed by atoms with Crippen LogP contribution in [0.4, 0.5) is 0 Å². The highest BCUT2D eigenvalue weighted by Crippen LogP contribution is 2.22. The molecule has 0 saturated carbocycles. The Hall–Kier alpha value is -2.35. The number of nitriles is 1. The van der Waals surface area contributed by atoms with Gasteiger partial charge in [0.2, 0.25) is 0 Å². The van der Waals surface area contributed by atoms with Crippen LogP contribution in [-0.4, -0.2) is 44.2 Å². The highest BCUT2D eigenvalue weighted by Gasteiger charge is 2.07. The van der Waals surface area contributed by atoms with Gasteiger partial charge in [0, 0.05) is 19.6 Å². The highest BCUT2D eigenvalue weighted by molar-refractivity contribution is 5.64. The summed E-state index contributed by atoms with van der Waals surface area (Å²) in [6, 6.07) is 18.0. The van der Waals surface area contributed by atoms with Crippen molar-refractivity contribution in [2.24, 2.45) is 0 Å². The minimum absolute atomic E-state index is 0.684. The van der Waals surface area contributed by atoms with Crippen LogP contribution in [0.15, 0.2) is 48.5 Å². The van der Waals surface area contributed by atoms with Crippen LogP contribution in [0.5, 0.6) is 5.75 Å². The number of rotatable bonds is 6. The maximum absolute atomic E-state index is 8.86. The summed E-state index contributed by atoms with van der Waals surface area (Å²) in [5.74, 6) is 0.912. The molecule has 0 unspecified atom stereocenters. The smallest absolute Gasteiger partial charge is 0.119 e. The van der Waals surface area contributed by atoms with E-state index >= 15 is 0 Å². The summed E-state index contributed by atoms with van der Waals surface area (Å²) in [6.07, 6.45) is 2.29. The first-order valence-electron chi connectivity index (χ1n) is 9.01. The van der Waals surface area contributed by atoms with Crippen molar-refractivity contribution in [1.29, 1.82) is 5.26 Å². The van der Waals surface area contributed by atoms with Gasteiger partial charge in [-0.3, -0.25) is 0 Å². The molecule has 0 spiro atoms. The zero-order valence-electron chi connectivity index (χ0n) is 14.6. The van der Waals surface area contributed by atoms with E-state index in [1.54, 1.807) is 0 Å². The van der Waals surface area contributed by atoms with E-state index in [9.17, 15) is 0 Å². The van der Waals surface area contributed by atoms with Crippen LogP contribution in [0.2, 0.25) is 0 Å². The van der Waals surface area contributed by atoms with Crippen molar-refractivity contribution in [3.63, 3.8) is 0 Å². The van der Waals surface area contributed by atoms with Crippen molar-refractivity contribution in [3.8, 4) is 22.9 Å². The fourth-order valence-electron chi connectivity index (χ4n) is 3.08. The molecule has 1 heterocycles. The lowest BCUT2D eigenvalue weighted by atomic mass is 10.0. The summed E-state index contributed by atoms with van der Waals surface area (Å²) in [7, 11) is 0. The Morgan fingerprint density at radius 2 is 1.68 bits per heavy atom. The third-order valence-electron chi connectivity index (χ3n) is 4.52. The van der Waals surface area contributed by atoms with Crippen molar-refractivity contribution < 1.29 is 4.74 Å². The molecule has 0 radical (unpaired) electrons. The topological polar surface area (TPSA) is 48.3 Å². The van der Waals surface area contributed by atoms with Crippen molar-refractivity contribution in [2.45, 2.75) is 12.8 Å². The lowest BCUT2D eigenvalue weighted by Gasteiger charge is -2.19. The second kappa shape index (κ2) is 9.22. The standard InChI is InChI=1S/C21H25N3O/c22-17-18-3-5-19(6-4-18)20-7-9-21(10-8-20)25-16-2-14-24-13-1-11-23-12-15-24/h3-10,23H,1-2,11-16H2. The van der Waals surface area contributed by atoms with Crippen molar-refractivity contribution in [1.82, 2.24) is 10.2 Å². The molecule has 4 heteroatoms. The van der Waals surface area contributed by atoms with E-state index < -0.39 is 0 Å². The molecule has 0 aliphatic carbocycles. The van der Waals surface area contributed by atoms with Crippen molar-refractivity contribution in [2.75, 3.05) is 39.3 Å². The molecule has 3 rings (SSSR count). The van der Waals surface area contributed by atoms with Crippen LogP contribution in [0.1, 0.15) is 18.4 Å². The van der Waals surface area contributed by atoms with Crippen LogP contribution < -0.4 is 10.1 Å². The lowest BCUT2D eigenvalue weighted by molar-refractivity contribution is 0.244. The van der Waals surface area contributed by atoms with Gasteiger partial charge in [-0.15, -0.1) is 0 Å². The quantitative estimate of drug-likeness (QED) is 0.823. The molecule has 0 bridgehead atoms. The van der Waals surface area contributed by atoms with Crippen LogP contribution in [-0.2, 0) is 0 Å². The van der Waals surface area contributed by atoms with Gasteiger partial charge in [0.25, 0.3) is 0 Å². The number of nitrogens with one attached hydrogen (secondary N) is 1. The Morgan fingerprint density at radius 3 is 2.40 bits per heavy atom. The normalized spacial score (nSPS) is 15.3. The Balaban J connectivity index is 1.45. The predicted molar refractivity (Wildman–Crippen MR) is 101 cm³/mol. The summed E-state index contributed by atoms with van der Waals surface area (Å²) in [5, 5.41) is 12.3. The molecule has 1 fully saturated rings. The van der Waals surface area contributed by atoms with Crippen molar-refractivity contribution >= 4 is 0 Å². The Bertz CT molecular complexity index is 681. The summed E-state index contributed by atoms with van der Waals surface area (Å²) in [5.41, 5.74) is 2.93. The first kappa shape index (κ1) is 17.5. The molecule has 4 nitrogen and oxygen atoms in total. The summed E-state index contributed by atoms with van der Waals surface area (Å²) in [4.78, 5) is 2.51. The second-order valence-corrected chi connectivity index (χ2v) is 6.36. The molecule has 2 aromatic rings. The van der Waals surface area contributed by atoms with E-state index in [0.29, 0.717) is 5.56 Å². The number of hydrogen-bond donors (Lipinski definition) is 1. The molecule has 1 saturated heterocycles. The molecular formula is C21H25N3O. The molecule has 2 aromatic carbocycles. The monoisotopic (exact) mass is 335 g/mol. The molecule has 0 atom stereocenters. The predicted octanol–water partition coefficient (Wildman–Crippen LogP) is 3.29. The average Bonchev–Trinajstić information content (AvgIpc) is 2.95. The van der Waals surface area contributed by atoms with Gasteiger partial charge in [-0.05, 0) is 61.3 Å². The van der Waals surface area contributed by atoms with E-state index in [4.69, 9.17) is 10.00 Å². The minimum atomic E-state index is 0.684. The maximum atomic E-state index is 8.86. The number of hydrogen-bond acceptors (Lipinski definition) is 4. The average molecular weight is 335 g/mol. The summed E-state index contributed by atoms with van der Waals surface area (Å²) in [6.45, 7) is 6.41. The zero-order chi connectivity index (χ0) is 17.3. The highest BCUT2D eigenvalue weighted by atomic mass is 16.5. The van der Waals surface area contributed by atoms with Gasteiger partial charge >= 0.3 is 0 Å². The van der Waals surface area contributed by atoms with Gasteiger partial charge in [-0.25, -0.2) is 0 Å². The molecule has 1 aliphatic rings. The fraction of sp³-hybridized carbons (Fsp3) is 0.381. The molecule has 130 valence electrons. The Kier molecular flexibility index (Phi) is 6.44. The van der Waals surface area contributed by atoms with Crippen LogP contribution in [0.25, 0.3) is 11.1 Å². The maximum Gasteiger partial charge on any atom is 0.119 e. The third-order valence-corrected chi connectivity index (χ3v) is 4.52. The van der Waals surface area contributed by atoms with E-state index in [1.807, 2.05) is 36.4 Å². The Labute approximate surface area is 150 Å². The fourth-order valence-corrected chi connectivity index (χ4v) is 3.08. The van der Waals surface area contributed by atoms with E-state index in [-0.39, 0.29) is 0 Å². The number of nitrogens with zero attached hydrogens (tertiary/aromatic N) is 2. The molecule has 1 aliphatic heterocycles. The van der Waals surface area contributed by atoms with Gasteiger partial charge in [-0.1, -0.05) is 24.3 Å². The van der Waals surface area contributed by atoms with Crippen LogP contribution in [0.3, 0.4) is 0 Å². The second-order valence-electron chi connectivity index (χ2n) is 6.36. The Morgan fingerprint density at radius 1 is 0.960 bits per heavy atom. The van der Waals surface area contributed by atoms with Gasteiger partial charge in [0.15, 0.2) is 0 Å². The molecule has 0 aromatic heterocycles. The van der Waals surface area contributed by atoms with Crippen LogP contribution >= 0.6 is 0 Å². The van der Waals surface area contributed by atoms with Gasteiger partial charge in [-0.2, -0.15) is 5.26 Å². The van der Waals surface area contributed by atoms with E-state index in [1.165, 1.54) is 13.0 Å². The molecular weight excluding hydrogens is 310 g/mol. The molecule has 0 amide bonds. The van der Waals surface area contributed by atoms with E-state index in [0.717, 1.165) is 56.1 Å².